The van der Waals surface area contributed by atoms with E-state index in [4.69, 9.17) is 9.47 Å². The number of pyridine rings is 1. The van der Waals surface area contributed by atoms with Crippen molar-refractivity contribution in [1.82, 2.24) is 9.88 Å². The molecule has 1 unspecified atom stereocenters. The van der Waals surface area contributed by atoms with E-state index in [0.717, 1.165) is 29.8 Å². The largest absolute Gasteiger partial charge is 0.463 e. The van der Waals surface area contributed by atoms with Crippen molar-refractivity contribution < 1.29 is 14.3 Å². The zero-order valence-corrected chi connectivity index (χ0v) is 14.4. The van der Waals surface area contributed by atoms with E-state index >= 15 is 0 Å². The monoisotopic (exact) mass is 318 g/mol. The summed E-state index contributed by atoms with van der Waals surface area (Å²) in [6, 6.07) is 4.34. The Morgan fingerprint density at radius 3 is 2.96 bits per heavy atom. The molecule has 1 saturated heterocycles. The third kappa shape index (κ3) is 4.62. The first-order valence-corrected chi connectivity index (χ1v) is 8.18. The fourth-order valence-electron chi connectivity index (χ4n) is 2.45. The smallest absolute Gasteiger partial charge is 0.330 e. The van der Waals surface area contributed by atoms with Gasteiger partial charge < -0.3 is 9.47 Å². The predicted octanol–water partition coefficient (Wildman–Crippen LogP) is 3.10. The maximum Gasteiger partial charge on any atom is 0.330 e. The van der Waals surface area contributed by atoms with Gasteiger partial charge in [0.05, 0.1) is 18.9 Å². The summed E-state index contributed by atoms with van der Waals surface area (Å²) in [6.45, 7) is 7.27. The highest BCUT2D eigenvalue weighted by molar-refractivity contribution is 5.87. The van der Waals surface area contributed by atoms with Crippen LogP contribution in [0.25, 0.3) is 6.08 Å². The summed E-state index contributed by atoms with van der Waals surface area (Å²) in [4.78, 5) is 18.5. The number of esters is 1. The number of likely N-dealkylation sites (N-methyl/N-ethyl adjacent to an activating group) is 1. The Labute approximate surface area is 138 Å². The molecular formula is C18H26N2O3. The standard InChI is InChI=1S/C18H26N2O3/c1-5-6-11-22-17(21)10-9-16-15(8-7-13(2)19-16)18-20(4)14(3)12-23-18/h7-10,14,18H,5-6,11-12H2,1-4H3/b10-9+/t14-,18?/m0/s1. The average molecular weight is 318 g/mol. The van der Waals surface area contributed by atoms with Crippen LogP contribution < -0.4 is 0 Å². The van der Waals surface area contributed by atoms with Crippen molar-refractivity contribution in [2.75, 3.05) is 20.3 Å². The molecule has 0 N–H and O–H groups in total. The first-order chi connectivity index (χ1) is 11.0. The summed E-state index contributed by atoms with van der Waals surface area (Å²) < 4.78 is 11.0. The Balaban J connectivity index is 2.14. The third-order valence-corrected chi connectivity index (χ3v) is 4.04. The van der Waals surface area contributed by atoms with Crippen LogP contribution in [0.4, 0.5) is 0 Å². The van der Waals surface area contributed by atoms with Crippen molar-refractivity contribution in [2.24, 2.45) is 0 Å². The Bertz CT molecular complexity index is 571. The zero-order valence-electron chi connectivity index (χ0n) is 14.4. The van der Waals surface area contributed by atoms with E-state index in [1.165, 1.54) is 6.08 Å². The fourth-order valence-corrected chi connectivity index (χ4v) is 2.45. The fraction of sp³-hybridized carbons (Fsp3) is 0.556. The molecule has 2 rings (SSSR count). The Morgan fingerprint density at radius 1 is 1.52 bits per heavy atom. The molecule has 2 atom stereocenters. The van der Waals surface area contributed by atoms with E-state index in [9.17, 15) is 4.79 Å². The molecule has 1 aromatic heterocycles. The second-order valence-corrected chi connectivity index (χ2v) is 5.98. The van der Waals surface area contributed by atoms with E-state index in [-0.39, 0.29) is 12.2 Å². The maximum absolute atomic E-state index is 11.7. The minimum atomic E-state index is -0.332. The van der Waals surface area contributed by atoms with Gasteiger partial charge in [0.2, 0.25) is 0 Å². The van der Waals surface area contributed by atoms with Crippen LogP contribution in [0.2, 0.25) is 0 Å². The molecule has 5 nitrogen and oxygen atoms in total. The molecule has 23 heavy (non-hydrogen) atoms. The van der Waals surface area contributed by atoms with Gasteiger partial charge in [0.15, 0.2) is 0 Å². The van der Waals surface area contributed by atoms with Crippen molar-refractivity contribution in [3.05, 3.63) is 35.2 Å². The highest BCUT2D eigenvalue weighted by Gasteiger charge is 2.31. The van der Waals surface area contributed by atoms with E-state index in [2.05, 4.69) is 23.7 Å². The number of aryl methyl sites for hydroxylation is 1. The third-order valence-electron chi connectivity index (χ3n) is 4.04. The van der Waals surface area contributed by atoms with Crippen LogP contribution in [-0.2, 0) is 14.3 Å². The molecule has 0 aliphatic carbocycles. The lowest BCUT2D eigenvalue weighted by Gasteiger charge is -2.22. The maximum atomic E-state index is 11.7. The van der Waals surface area contributed by atoms with Gasteiger partial charge in [-0.15, -0.1) is 0 Å². The summed E-state index contributed by atoms with van der Waals surface area (Å²) in [7, 11) is 2.04. The Hall–Kier alpha value is -1.72. The number of hydrogen-bond donors (Lipinski definition) is 0. The minimum absolute atomic E-state index is 0.131. The molecule has 1 aliphatic rings. The quantitative estimate of drug-likeness (QED) is 0.458. The molecule has 0 amide bonds. The molecule has 0 saturated carbocycles. The molecule has 5 heteroatoms. The number of nitrogens with zero attached hydrogens (tertiary/aromatic N) is 2. The van der Waals surface area contributed by atoms with Gasteiger partial charge in [-0.25, -0.2) is 4.79 Å². The van der Waals surface area contributed by atoms with Crippen LogP contribution in [0.5, 0.6) is 0 Å². The SMILES string of the molecule is CCCCOC(=O)/C=C/c1nc(C)ccc1C1OC[C@H](C)N1C. The van der Waals surface area contributed by atoms with E-state index in [0.29, 0.717) is 19.3 Å². The number of carbonyl (C=O) groups excluding carboxylic acids is 1. The Morgan fingerprint density at radius 2 is 2.30 bits per heavy atom. The number of rotatable bonds is 6. The highest BCUT2D eigenvalue weighted by Crippen LogP contribution is 2.31. The van der Waals surface area contributed by atoms with Gasteiger partial charge in [0.1, 0.15) is 6.23 Å². The van der Waals surface area contributed by atoms with Crippen molar-refractivity contribution in [3.8, 4) is 0 Å². The molecular weight excluding hydrogens is 292 g/mol. The zero-order chi connectivity index (χ0) is 16.8. The molecule has 126 valence electrons. The van der Waals surface area contributed by atoms with Crippen molar-refractivity contribution >= 4 is 12.0 Å². The van der Waals surface area contributed by atoms with Gasteiger partial charge in [-0.05, 0) is 39.5 Å². The lowest BCUT2D eigenvalue weighted by molar-refractivity contribution is -0.137. The van der Waals surface area contributed by atoms with E-state index < -0.39 is 0 Å². The lowest BCUT2D eigenvalue weighted by atomic mass is 10.1. The molecule has 0 bridgehead atoms. The van der Waals surface area contributed by atoms with Crippen molar-refractivity contribution in [1.29, 1.82) is 0 Å². The molecule has 0 aromatic carbocycles. The number of ether oxygens (including phenoxy) is 2. The van der Waals surface area contributed by atoms with Gasteiger partial charge >= 0.3 is 5.97 Å². The van der Waals surface area contributed by atoms with Gasteiger partial charge in [-0.2, -0.15) is 0 Å². The van der Waals surface area contributed by atoms with Crippen LogP contribution in [0.15, 0.2) is 18.2 Å². The number of hydrogen-bond acceptors (Lipinski definition) is 5. The second-order valence-electron chi connectivity index (χ2n) is 5.98. The average Bonchev–Trinajstić information content (AvgIpc) is 2.85. The molecule has 1 aromatic rings. The van der Waals surface area contributed by atoms with Crippen molar-refractivity contribution in [2.45, 2.75) is 45.9 Å². The molecule has 2 heterocycles. The summed E-state index contributed by atoms with van der Waals surface area (Å²) in [5, 5.41) is 0. The molecule has 0 spiro atoms. The van der Waals surface area contributed by atoms with Crippen LogP contribution in [0.1, 0.15) is 49.9 Å². The summed E-state index contributed by atoms with van der Waals surface area (Å²) in [5.74, 6) is -0.332. The second kappa shape index (κ2) is 8.22. The lowest BCUT2D eigenvalue weighted by Crippen LogP contribution is -2.26. The molecule has 1 fully saturated rings. The van der Waals surface area contributed by atoms with Gasteiger partial charge in [0.25, 0.3) is 0 Å². The van der Waals surface area contributed by atoms with Gasteiger partial charge in [0, 0.05) is 23.4 Å². The first kappa shape index (κ1) is 17.6. The molecule has 1 aliphatic heterocycles. The van der Waals surface area contributed by atoms with E-state index in [1.807, 2.05) is 26.1 Å². The predicted molar refractivity (Wildman–Crippen MR) is 89.8 cm³/mol. The van der Waals surface area contributed by atoms with Crippen molar-refractivity contribution in [3.63, 3.8) is 0 Å². The van der Waals surface area contributed by atoms with Gasteiger partial charge in [-0.3, -0.25) is 9.88 Å². The summed E-state index contributed by atoms with van der Waals surface area (Å²) in [6.07, 6.45) is 4.92. The molecule has 0 radical (unpaired) electrons. The van der Waals surface area contributed by atoms with Crippen LogP contribution in [-0.4, -0.2) is 42.2 Å². The minimum Gasteiger partial charge on any atom is -0.463 e. The van der Waals surface area contributed by atoms with Crippen LogP contribution in [0, 0.1) is 6.92 Å². The Kier molecular flexibility index (Phi) is 6.30. The van der Waals surface area contributed by atoms with Gasteiger partial charge in [-0.1, -0.05) is 19.4 Å². The topological polar surface area (TPSA) is 51.7 Å². The van der Waals surface area contributed by atoms with Crippen LogP contribution >= 0.6 is 0 Å². The number of unbranched alkanes of at least 4 members (excludes halogenated alkanes) is 1. The summed E-state index contributed by atoms with van der Waals surface area (Å²) >= 11 is 0. The highest BCUT2D eigenvalue weighted by atomic mass is 16.5. The first-order valence-electron chi connectivity index (χ1n) is 8.18. The number of aromatic nitrogens is 1. The van der Waals surface area contributed by atoms with E-state index in [1.54, 1.807) is 6.08 Å². The number of carbonyl (C=O) groups is 1. The summed E-state index contributed by atoms with van der Waals surface area (Å²) in [5.41, 5.74) is 2.63. The van der Waals surface area contributed by atoms with Crippen LogP contribution in [0.3, 0.4) is 0 Å². The normalized spacial score (nSPS) is 21.9.